The van der Waals surface area contributed by atoms with Crippen molar-refractivity contribution in [1.82, 2.24) is 20.6 Å². The van der Waals surface area contributed by atoms with Crippen LogP contribution in [0.2, 0.25) is 0 Å². The van der Waals surface area contributed by atoms with Gasteiger partial charge in [0.15, 0.2) is 0 Å². The molecule has 9 nitrogen and oxygen atoms in total. The van der Waals surface area contributed by atoms with Crippen molar-refractivity contribution in [3.63, 3.8) is 0 Å². The average Bonchev–Trinajstić information content (AvgIpc) is 3.11. The number of aromatic nitrogens is 4. The van der Waals surface area contributed by atoms with Gasteiger partial charge in [-0.15, -0.1) is 10.2 Å². The zero-order valence-electron chi connectivity index (χ0n) is 14.1. The van der Waals surface area contributed by atoms with Crippen LogP contribution >= 0.6 is 0 Å². The molecule has 0 spiro atoms. The van der Waals surface area contributed by atoms with E-state index in [-0.39, 0.29) is 23.9 Å². The summed E-state index contributed by atoms with van der Waals surface area (Å²) in [4.78, 5) is 14.1. The molecule has 0 radical (unpaired) electrons. The van der Waals surface area contributed by atoms with Gasteiger partial charge in [-0.1, -0.05) is 0 Å². The number of ether oxygens (including phenoxy) is 1. The Hall–Kier alpha value is -3.41. The van der Waals surface area contributed by atoms with Gasteiger partial charge in [-0.3, -0.25) is 4.79 Å². The van der Waals surface area contributed by atoms with E-state index in [1.165, 1.54) is 6.20 Å². The van der Waals surface area contributed by atoms with Crippen LogP contribution < -0.4 is 15.0 Å². The summed E-state index contributed by atoms with van der Waals surface area (Å²) < 4.78 is 5.82. The summed E-state index contributed by atoms with van der Waals surface area (Å²) in [6.45, 7) is 3.99. The molecule has 2 N–H and O–H groups in total. The Morgan fingerprint density at radius 1 is 1.52 bits per heavy atom. The number of anilines is 2. The highest BCUT2D eigenvalue weighted by Crippen LogP contribution is 2.37. The minimum Gasteiger partial charge on any atom is -0.490 e. The van der Waals surface area contributed by atoms with Gasteiger partial charge in [-0.2, -0.15) is 10.5 Å². The average molecular weight is 339 g/mol. The maximum Gasteiger partial charge on any atom is 0.235 e. The summed E-state index contributed by atoms with van der Waals surface area (Å²) in [7, 11) is 1.73. The summed E-state index contributed by atoms with van der Waals surface area (Å²) in [5.74, 6) is 0.793. The largest absolute Gasteiger partial charge is 0.490 e. The molecule has 9 heteroatoms. The number of H-pyrrole nitrogens is 1. The second kappa shape index (κ2) is 6.24. The van der Waals surface area contributed by atoms with E-state index >= 15 is 0 Å². The number of carbonyl (C=O) groups excluding carboxylic acids is 1. The van der Waals surface area contributed by atoms with Gasteiger partial charge in [-0.25, -0.2) is 0 Å². The lowest BCUT2D eigenvalue weighted by atomic mass is 9.93. The van der Waals surface area contributed by atoms with Gasteiger partial charge in [0.25, 0.3) is 0 Å². The molecule has 1 aromatic carbocycles. The van der Waals surface area contributed by atoms with Crippen molar-refractivity contribution >= 4 is 22.9 Å². The van der Waals surface area contributed by atoms with E-state index < -0.39 is 5.41 Å². The second-order valence-corrected chi connectivity index (χ2v) is 6.27. The lowest BCUT2D eigenvalue weighted by Crippen LogP contribution is -2.39. The van der Waals surface area contributed by atoms with Crippen LogP contribution in [0.5, 0.6) is 5.75 Å². The van der Waals surface area contributed by atoms with Crippen LogP contribution in [-0.4, -0.2) is 40.2 Å². The van der Waals surface area contributed by atoms with E-state index in [2.05, 4.69) is 25.9 Å². The first-order chi connectivity index (χ1) is 11.9. The fraction of sp³-hybridized carbons (Fsp3) is 0.312. The molecular formula is C16H17N7O2. The molecular weight excluding hydrogens is 322 g/mol. The highest BCUT2D eigenvalue weighted by Gasteiger charge is 2.36. The number of rotatable bonds is 3. The van der Waals surface area contributed by atoms with Crippen LogP contribution in [0, 0.1) is 16.7 Å². The molecule has 1 aromatic heterocycles. The van der Waals surface area contributed by atoms with Gasteiger partial charge in [0, 0.05) is 25.0 Å². The first-order valence-electron chi connectivity index (χ1n) is 7.58. The van der Waals surface area contributed by atoms with Gasteiger partial charge < -0.3 is 15.0 Å². The standard InChI is InChI=1S/C16H17N7O2/c1-16(2)9-25-13-6-11(4-5-12(13)23(3)15(16)24)18-8-10(7-17)14-19-21-22-20-14/h4-6,8,18H,9H2,1-3H3,(H,19,20,21,22). The molecule has 2 aromatic rings. The Morgan fingerprint density at radius 3 is 3.00 bits per heavy atom. The van der Waals surface area contributed by atoms with E-state index in [0.717, 1.165) is 0 Å². The summed E-state index contributed by atoms with van der Waals surface area (Å²) in [5, 5.41) is 25.5. The number of fused-ring (bicyclic) bond motifs is 1. The topological polar surface area (TPSA) is 120 Å². The smallest absolute Gasteiger partial charge is 0.235 e. The van der Waals surface area contributed by atoms with E-state index in [1.54, 1.807) is 30.1 Å². The number of benzene rings is 1. The van der Waals surface area contributed by atoms with Crippen LogP contribution in [0.4, 0.5) is 11.4 Å². The predicted octanol–water partition coefficient (Wildman–Crippen LogP) is 1.56. The van der Waals surface area contributed by atoms with Crippen molar-refractivity contribution in [3.8, 4) is 11.8 Å². The number of carbonyl (C=O) groups is 1. The number of nitrogens with zero attached hydrogens (tertiary/aromatic N) is 5. The molecule has 1 aliphatic rings. The lowest BCUT2D eigenvalue weighted by molar-refractivity contribution is -0.127. The first-order valence-corrected chi connectivity index (χ1v) is 7.58. The molecule has 0 atom stereocenters. The number of aromatic amines is 1. The van der Waals surface area contributed by atoms with Crippen LogP contribution in [0.15, 0.2) is 24.4 Å². The van der Waals surface area contributed by atoms with E-state index in [0.29, 0.717) is 17.1 Å². The van der Waals surface area contributed by atoms with Crippen molar-refractivity contribution < 1.29 is 9.53 Å². The minimum atomic E-state index is -0.603. The predicted molar refractivity (Wildman–Crippen MR) is 90.5 cm³/mol. The first kappa shape index (κ1) is 16.4. The Morgan fingerprint density at radius 2 is 2.32 bits per heavy atom. The molecule has 0 saturated heterocycles. The summed E-state index contributed by atoms with van der Waals surface area (Å²) in [5.41, 5.74) is 1.03. The number of tetrazole rings is 1. The van der Waals surface area contributed by atoms with Crippen molar-refractivity contribution in [2.24, 2.45) is 5.41 Å². The number of amides is 1. The Kier molecular flexibility index (Phi) is 4.10. The van der Waals surface area contributed by atoms with Crippen LogP contribution in [-0.2, 0) is 4.79 Å². The maximum absolute atomic E-state index is 12.5. The highest BCUT2D eigenvalue weighted by atomic mass is 16.5. The van der Waals surface area contributed by atoms with Crippen molar-refractivity contribution in [2.75, 3.05) is 23.9 Å². The van der Waals surface area contributed by atoms with Crippen LogP contribution in [0.25, 0.3) is 5.57 Å². The Bertz CT molecular complexity index is 865. The quantitative estimate of drug-likeness (QED) is 0.814. The lowest BCUT2D eigenvalue weighted by Gasteiger charge is -2.24. The third-order valence-electron chi connectivity index (χ3n) is 3.88. The molecule has 128 valence electrons. The molecule has 0 bridgehead atoms. The molecule has 25 heavy (non-hydrogen) atoms. The number of nitriles is 1. The third kappa shape index (κ3) is 3.14. The minimum absolute atomic E-state index is 0.00396. The summed E-state index contributed by atoms with van der Waals surface area (Å²) in [6.07, 6.45) is 1.49. The van der Waals surface area contributed by atoms with Gasteiger partial charge in [-0.05, 0) is 31.2 Å². The number of allylic oxidation sites excluding steroid dienone is 1. The summed E-state index contributed by atoms with van der Waals surface area (Å²) in [6, 6.07) is 7.37. The second-order valence-electron chi connectivity index (χ2n) is 6.27. The number of hydrogen-bond acceptors (Lipinski definition) is 7. The molecule has 0 unspecified atom stereocenters. The Labute approximate surface area is 144 Å². The number of hydrogen-bond donors (Lipinski definition) is 2. The molecule has 3 rings (SSSR count). The maximum atomic E-state index is 12.5. The van der Waals surface area contributed by atoms with Gasteiger partial charge >= 0.3 is 0 Å². The Balaban J connectivity index is 1.86. The normalized spacial score (nSPS) is 16.5. The van der Waals surface area contributed by atoms with Crippen LogP contribution in [0.1, 0.15) is 19.7 Å². The van der Waals surface area contributed by atoms with Gasteiger partial charge in [0.1, 0.15) is 24.0 Å². The van der Waals surface area contributed by atoms with E-state index in [1.807, 2.05) is 19.9 Å². The van der Waals surface area contributed by atoms with Gasteiger partial charge in [0.2, 0.25) is 11.7 Å². The molecule has 0 saturated carbocycles. The van der Waals surface area contributed by atoms with Crippen LogP contribution in [0.3, 0.4) is 0 Å². The van der Waals surface area contributed by atoms with E-state index in [9.17, 15) is 10.1 Å². The third-order valence-corrected chi connectivity index (χ3v) is 3.88. The molecule has 0 aliphatic carbocycles. The zero-order chi connectivity index (χ0) is 18.0. The molecule has 1 aliphatic heterocycles. The summed E-state index contributed by atoms with van der Waals surface area (Å²) >= 11 is 0. The van der Waals surface area contributed by atoms with Crippen molar-refractivity contribution in [3.05, 3.63) is 30.2 Å². The fourth-order valence-electron chi connectivity index (χ4n) is 2.46. The molecule has 1 amide bonds. The zero-order valence-corrected chi connectivity index (χ0v) is 14.1. The molecule has 2 heterocycles. The van der Waals surface area contributed by atoms with Crippen molar-refractivity contribution in [1.29, 1.82) is 5.26 Å². The molecule has 0 fully saturated rings. The van der Waals surface area contributed by atoms with Crippen molar-refractivity contribution in [2.45, 2.75) is 13.8 Å². The van der Waals surface area contributed by atoms with Gasteiger partial charge in [0.05, 0.1) is 11.1 Å². The SMILES string of the molecule is CN1C(=O)C(C)(C)COc2cc(NC=C(C#N)c3nn[nH]n3)ccc21. The monoisotopic (exact) mass is 339 g/mol. The number of nitrogens with one attached hydrogen (secondary N) is 2. The highest BCUT2D eigenvalue weighted by molar-refractivity contribution is 5.99. The fourth-order valence-corrected chi connectivity index (χ4v) is 2.46. The van der Waals surface area contributed by atoms with E-state index in [4.69, 9.17) is 4.74 Å².